The lowest BCUT2D eigenvalue weighted by molar-refractivity contribution is 0.0661. The fraction of sp³-hybridized carbons (Fsp3) is 0.500. The van der Waals surface area contributed by atoms with Crippen LogP contribution in [0.5, 0.6) is 0 Å². The molecule has 0 saturated carbocycles. The first kappa shape index (κ1) is 12.5. The molecule has 1 aliphatic rings. The van der Waals surface area contributed by atoms with Crippen LogP contribution in [0, 0.1) is 0 Å². The molecule has 16 heavy (non-hydrogen) atoms. The van der Waals surface area contributed by atoms with E-state index < -0.39 is 0 Å². The summed E-state index contributed by atoms with van der Waals surface area (Å²) < 4.78 is 1.92. The highest BCUT2D eigenvalue weighted by Gasteiger charge is 2.25. The first-order valence-electron chi connectivity index (χ1n) is 5.06. The second-order valence-electron chi connectivity index (χ2n) is 3.78. The summed E-state index contributed by atoms with van der Waals surface area (Å²) in [6, 6.07) is 2.15. The summed E-state index contributed by atoms with van der Waals surface area (Å²) in [4.78, 5) is 15.0. The van der Waals surface area contributed by atoms with Crippen molar-refractivity contribution in [2.45, 2.75) is 13.0 Å². The zero-order valence-electron chi connectivity index (χ0n) is 8.80. The third-order valence-electron chi connectivity index (χ3n) is 2.62. The molecule has 1 amide bonds. The van der Waals surface area contributed by atoms with Gasteiger partial charge in [0.2, 0.25) is 0 Å². The Hall–Kier alpha value is 0.0900. The van der Waals surface area contributed by atoms with Crippen molar-refractivity contribution in [2.75, 3.05) is 19.6 Å². The molecule has 0 spiro atoms. The van der Waals surface area contributed by atoms with Gasteiger partial charge in [0.15, 0.2) is 0 Å². The van der Waals surface area contributed by atoms with E-state index in [-0.39, 0.29) is 11.9 Å². The van der Waals surface area contributed by atoms with Gasteiger partial charge in [0.1, 0.15) is 0 Å². The van der Waals surface area contributed by atoms with Crippen molar-refractivity contribution >= 4 is 49.1 Å². The van der Waals surface area contributed by atoms with E-state index in [0.717, 1.165) is 32.8 Å². The van der Waals surface area contributed by atoms with Crippen molar-refractivity contribution in [1.29, 1.82) is 0 Å². The molecule has 0 bridgehead atoms. The Morgan fingerprint density at radius 2 is 2.38 bits per heavy atom. The topological polar surface area (TPSA) is 32.3 Å². The molecular formula is C10H12Br2N2OS. The van der Waals surface area contributed by atoms with Crippen LogP contribution in [0.15, 0.2) is 14.3 Å². The minimum atomic E-state index is 0.130. The molecule has 88 valence electrons. The summed E-state index contributed by atoms with van der Waals surface area (Å²) in [6.07, 6.45) is 0. The molecule has 0 aromatic carbocycles. The van der Waals surface area contributed by atoms with Crippen molar-refractivity contribution in [3.63, 3.8) is 0 Å². The van der Waals surface area contributed by atoms with E-state index in [2.05, 4.69) is 44.1 Å². The minimum Gasteiger partial charge on any atom is -0.333 e. The van der Waals surface area contributed by atoms with E-state index in [1.807, 2.05) is 11.0 Å². The van der Waals surface area contributed by atoms with Crippen molar-refractivity contribution in [1.82, 2.24) is 10.2 Å². The first-order valence-corrected chi connectivity index (χ1v) is 7.46. The van der Waals surface area contributed by atoms with Gasteiger partial charge in [-0.1, -0.05) is 0 Å². The zero-order valence-corrected chi connectivity index (χ0v) is 12.8. The molecule has 1 fully saturated rings. The average molecular weight is 368 g/mol. The predicted molar refractivity (Wildman–Crippen MR) is 73.1 cm³/mol. The Kier molecular flexibility index (Phi) is 4.05. The highest BCUT2D eigenvalue weighted by Crippen LogP contribution is 2.33. The van der Waals surface area contributed by atoms with Crippen molar-refractivity contribution < 1.29 is 4.79 Å². The van der Waals surface area contributed by atoms with Gasteiger partial charge >= 0.3 is 0 Å². The molecule has 1 atom stereocenters. The fourth-order valence-corrected chi connectivity index (χ4v) is 3.73. The Morgan fingerprint density at radius 1 is 1.62 bits per heavy atom. The Balaban J connectivity index is 2.17. The Labute approximate surface area is 115 Å². The molecular weight excluding hydrogens is 356 g/mol. The van der Waals surface area contributed by atoms with Gasteiger partial charge in [0.25, 0.3) is 5.91 Å². The molecule has 3 nitrogen and oxygen atoms in total. The standard InChI is InChI=1S/C10H12Br2N2OS/c1-6-5-13-2-3-14(6)10(15)8-4-7(11)9(12)16-8/h4,6,13H,2-3,5H2,1H3/t6-/m1/s1. The van der Waals surface area contributed by atoms with Gasteiger partial charge in [-0.3, -0.25) is 4.79 Å². The van der Waals surface area contributed by atoms with Crippen LogP contribution in [0.4, 0.5) is 0 Å². The molecule has 6 heteroatoms. The summed E-state index contributed by atoms with van der Waals surface area (Å²) in [6.45, 7) is 4.61. The highest BCUT2D eigenvalue weighted by atomic mass is 79.9. The largest absolute Gasteiger partial charge is 0.333 e. The van der Waals surface area contributed by atoms with Crippen LogP contribution >= 0.6 is 43.2 Å². The monoisotopic (exact) mass is 366 g/mol. The predicted octanol–water partition coefficient (Wildman–Crippen LogP) is 2.71. The number of hydrogen-bond acceptors (Lipinski definition) is 3. The second kappa shape index (κ2) is 5.16. The lowest BCUT2D eigenvalue weighted by atomic mass is 10.2. The molecule has 1 aromatic heterocycles. The lowest BCUT2D eigenvalue weighted by Gasteiger charge is -2.33. The number of piperazine rings is 1. The van der Waals surface area contributed by atoms with Gasteiger partial charge < -0.3 is 10.2 Å². The van der Waals surface area contributed by atoms with Crippen LogP contribution in [0.3, 0.4) is 0 Å². The zero-order chi connectivity index (χ0) is 11.7. The molecule has 0 aliphatic carbocycles. The maximum Gasteiger partial charge on any atom is 0.264 e. The summed E-state index contributed by atoms with van der Waals surface area (Å²) in [5.74, 6) is 0.130. The van der Waals surface area contributed by atoms with E-state index >= 15 is 0 Å². The van der Waals surface area contributed by atoms with E-state index in [1.165, 1.54) is 11.3 Å². The molecule has 2 rings (SSSR count). The van der Waals surface area contributed by atoms with E-state index in [1.54, 1.807) is 0 Å². The normalized spacial score (nSPS) is 21.2. The van der Waals surface area contributed by atoms with Crippen molar-refractivity contribution in [3.8, 4) is 0 Å². The second-order valence-corrected chi connectivity index (χ2v) is 7.01. The number of carbonyl (C=O) groups excluding carboxylic acids is 1. The lowest BCUT2D eigenvalue weighted by Crippen LogP contribution is -2.52. The molecule has 1 N–H and O–H groups in total. The Bertz CT molecular complexity index is 388. The third kappa shape index (κ3) is 2.50. The third-order valence-corrected chi connectivity index (χ3v) is 5.86. The summed E-state index contributed by atoms with van der Waals surface area (Å²) in [5.41, 5.74) is 0. The highest BCUT2D eigenvalue weighted by molar-refractivity contribution is 9.13. The van der Waals surface area contributed by atoms with Crippen LogP contribution in [0.2, 0.25) is 0 Å². The minimum absolute atomic E-state index is 0.130. The summed E-state index contributed by atoms with van der Waals surface area (Å²) in [5, 5.41) is 3.28. The molecule has 0 unspecified atom stereocenters. The maximum absolute atomic E-state index is 12.2. The number of amides is 1. The molecule has 1 aliphatic heterocycles. The number of nitrogens with one attached hydrogen (secondary N) is 1. The molecule has 1 aromatic rings. The van der Waals surface area contributed by atoms with Gasteiger partial charge in [0, 0.05) is 30.1 Å². The first-order chi connectivity index (χ1) is 7.59. The van der Waals surface area contributed by atoms with Crippen LogP contribution < -0.4 is 5.32 Å². The van der Waals surface area contributed by atoms with Crippen molar-refractivity contribution in [2.24, 2.45) is 0 Å². The van der Waals surface area contributed by atoms with Gasteiger partial charge in [-0.25, -0.2) is 0 Å². The van der Waals surface area contributed by atoms with Crippen LogP contribution in [-0.4, -0.2) is 36.5 Å². The number of halogens is 2. The molecule has 2 heterocycles. The Morgan fingerprint density at radius 3 is 2.94 bits per heavy atom. The SMILES string of the molecule is C[C@@H]1CNCCN1C(=O)c1cc(Br)c(Br)s1. The quantitative estimate of drug-likeness (QED) is 0.827. The van der Waals surface area contributed by atoms with Gasteiger partial charge in [-0.15, -0.1) is 11.3 Å². The molecule has 0 radical (unpaired) electrons. The fourth-order valence-electron chi connectivity index (χ4n) is 1.74. The van der Waals surface area contributed by atoms with Crippen LogP contribution in [0.1, 0.15) is 16.6 Å². The summed E-state index contributed by atoms with van der Waals surface area (Å²) >= 11 is 8.29. The van der Waals surface area contributed by atoms with E-state index in [0.29, 0.717) is 0 Å². The van der Waals surface area contributed by atoms with Crippen LogP contribution in [0.25, 0.3) is 0 Å². The van der Waals surface area contributed by atoms with Crippen LogP contribution in [-0.2, 0) is 0 Å². The van der Waals surface area contributed by atoms with E-state index in [4.69, 9.17) is 0 Å². The van der Waals surface area contributed by atoms with E-state index in [9.17, 15) is 4.79 Å². The van der Waals surface area contributed by atoms with Crippen molar-refractivity contribution in [3.05, 3.63) is 19.2 Å². The maximum atomic E-state index is 12.2. The number of nitrogens with zero attached hydrogens (tertiary/aromatic N) is 1. The molecule has 1 saturated heterocycles. The number of thiophene rings is 1. The smallest absolute Gasteiger partial charge is 0.264 e. The number of rotatable bonds is 1. The summed E-state index contributed by atoms with van der Waals surface area (Å²) in [7, 11) is 0. The number of carbonyl (C=O) groups is 1. The number of hydrogen-bond donors (Lipinski definition) is 1. The van der Waals surface area contributed by atoms with Gasteiger partial charge in [0.05, 0.1) is 8.66 Å². The van der Waals surface area contributed by atoms with Gasteiger partial charge in [-0.2, -0.15) is 0 Å². The average Bonchev–Trinajstić information content (AvgIpc) is 2.59. The van der Waals surface area contributed by atoms with Gasteiger partial charge in [-0.05, 0) is 44.8 Å².